The lowest BCUT2D eigenvalue weighted by Gasteiger charge is -2.10. The van der Waals surface area contributed by atoms with Crippen LogP contribution in [0.4, 0.5) is 5.69 Å². The van der Waals surface area contributed by atoms with Crippen molar-refractivity contribution in [3.05, 3.63) is 86.5 Å². The molecule has 2 aromatic carbocycles. The number of hydrogen-bond donors (Lipinski definition) is 0. The highest BCUT2D eigenvalue weighted by Gasteiger charge is 2.19. The number of halogens is 2. The van der Waals surface area contributed by atoms with Gasteiger partial charge in [-0.05, 0) is 64.1 Å². The Labute approximate surface area is 183 Å². The molecule has 7 nitrogen and oxygen atoms in total. The number of hydrogen-bond acceptors (Lipinski definition) is 6. The molecule has 0 N–H and O–H groups in total. The predicted octanol–water partition coefficient (Wildman–Crippen LogP) is 5.80. The van der Waals surface area contributed by atoms with Crippen LogP contribution in [0.5, 0.6) is 0 Å². The molecule has 10 heteroatoms. The van der Waals surface area contributed by atoms with Crippen LogP contribution in [-0.4, -0.2) is 24.7 Å². The molecule has 0 saturated heterocycles. The third kappa shape index (κ3) is 4.16. The van der Waals surface area contributed by atoms with E-state index in [1.54, 1.807) is 12.1 Å². The van der Waals surface area contributed by atoms with Gasteiger partial charge in [0.15, 0.2) is 5.82 Å². The standard InChI is InChI=1S/C19H11BrClN5O2S/c20-16-10-15(26(27)28)11-22-18(16)29-19-24-23-17(12-6-8-13(21)9-7-12)25(19)14-4-2-1-3-5-14/h1-11H. The van der Waals surface area contributed by atoms with E-state index in [1.807, 2.05) is 47.0 Å². The van der Waals surface area contributed by atoms with Gasteiger partial charge < -0.3 is 0 Å². The number of nitro groups is 1. The summed E-state index contributed by atoms with van der Waals surface area (Å²) in [7, 11) is 0. The summed E-state index contributed by atoms with van der Waals surface area (Å²) in [6.45, 7) is 0. The first kappa shape index (κ1) is 19.6. The maximum Gasteiger partial charge on any atom is 0.288 e. The highest BCUT2D eigenvalue weighted by Crippen LogP contribution is 2.36. The Morgan fingerprint density at radius 1 is 1.07 bits per heavy atom. The first-order chi connectivity index (χ1) is 14.0. The summed E-state index contributed by atoms with van der Waals surface area (Å²) in [5, 5.41) is 21.4. The Bertz CT molecular complexity index is 1190. The van der Waals surface area contributed by atoms with E-state index < -0.39 is 4.92 Å². The van der Waals surface area contributed by atoms with Gasteiger partial charge in [0, 0.05) is 22.3 Å². The highest BCUT2D eigenvalue weighted by molar-refractivity contribution is 9.10. The molecule has 0 atom stereocenters. The summed E-state index contributed by atoms with van der Waals surface area (Å²) >= 11 is 10.6. The van der Waals surface area contributed by atoms with Crippen molar-refractivity contribution in [2.75, 3.05) is 0 Å². The Morgan fingerprint density at radius 3 is 2.45 bits per heavy atom. The van der Waals surface area contributed by atoms with Crippen LogP contribution in [0.2, 0.25) is 5.02 Å². The summed E-state index contributed by atoms with van der Waals surface area (Å²) in [4.78, 5) is 14.7. The normalized spacial score (nSPS) is 10.8. The Hall–Kier alpha value is -2.75. The molecular formula is C19H11BrClN5O2S. The monoisotopic (exact) mass is 487 g/mol. The van der Waals surface area contributed by atoms with Crippen molar-refractivity contribution in [1.82, 2.24) is 19.7 Å². The maximum atomic E-state index is 10.9. The lowest BCUT2D eigenvalue weighted by atomic mass is 10.2. The van der Waals surface area contributed by atoms with Gasteiger partial charge in [-0.2, -0.15) is 0 Å². The molecule has 0 fully saturated rings. The van der Waals surface area contributed by atoms with Crippen LogP contribution in [0.3, 0.4) is 0 Å². The quantitative estimate of drug-likeness (QED) is 0.260. The number of rotatable bonds is 5. The summed E-state index contributed by atoms with van der Waals surface area (Å²) in [5.74, 6) is 0.647. The van der Waals surface area contributed by atoms with E-state index in [0.717, 1.165) is 11.3 Å². The SMILES string of the molecule is O=[N+]([O-])c1cnc(Sc2nnc(-c3ccc(Cl)cc3)n2-c2ccccc2)c(Br)c1. The molecule has 0 amide bonds. The number of nitrogens with zero attached hydrogens (tertiary/aromatic N) is 5. The molecule has 0 saturated carbocycles. The molecule has 0 aliphatic heterocycles. The molecule has 4 rings (SSSR count). The molecule has 29 heavy (non-hydrogen) atoms. The lowest BCUT2D eigenvalue weighted by Crippen LogP contribution is -2.00. The lowest BCUT2D eigenvalue weighted by molar-refractivity contribution is -0.385. The molecule has 2 heterocycles. The Kier molecular flexibility index (Phi) is 5.61. The zero-order valence-corrected chi connectivity index (χ0v) is 17.7. The van der Waals surface area contributed by atoms with Crippen molar-refractivity contribution in [1.29, 1.82) is 0 Å². The van der Waals surface area contributed by atoms with E-state index in [0.29, 0.717) is 25.5 Å². The van der Waals surface area contributed by atoms with Crippen molar-refractivity contribution in [3.63, 3.8) is 0 Å². The Balaban J connectivity index is 1.80. The molecule has 0 spiro atoms. The second kappa shape index (κ2) is 8.32. The van der Waals surface area contributed by atoms with Crippen molar-refractivity contribution in [2.24, 2.45) is 0 Å². The van der Waals surface area contributed by atoms with Crippen LogP contribution in [0, 0.1) is 10.1 Å². The number of benzene rings is 2. The van der Waals surface area contributed by atoms with E-state index in [2.05, 4.69) is 31.1 Å². The minimum absolute atomic E-state index is 0.0902. The van der Waals surface area contributed by atoms with Gasteiger partial charge >= 0.3 is 0 Å². The minimum Gasteiger partial charge on any atom is -0.270 e. The fourth-order valence-corrected chi connectivity index (χ4v) is 4.11. The zero-order valence-electron chi connectivity index (χ0n) is 14.6. The Morgan fingerprint density at radius 2 is 1.79 bits per heavy atom. The van der Waals surface area contributed by atoms with Crippen LogP contribution in [0.25, 0.3) is 17.1 Å². The van der Waals surface area contributed by atoms with Crippen molar-refractivity contribution in [2.45, 2.75) is 10.2 Å². The van der Waals surface area contributed by atoms with Crippen LogP contribution < -0.4 is 0 Å². The van der Waals surface area contributed by atoms with Gasteiger partial charge in [0.1, 0.15) is 11.2 Å². The van der Waals surface area contributed by atoms with Crippen molar-refractivity contribution < 1.29 is 4.92 Å². The van der Waals surface area contributed by atoms with Gasteiger partial charge in [-0.15, -0.1) is 10.2 Å². The second-order valence-electron chi connectivity index (χ2n) is 5.82. The smallest absolute Gasteiger partial charge is 0.270 e. The van der Waals surface area contributed by atoms with Crippen LogP contribution in [0.1, 0.15) is 0 Å². The third-order valence-electron chi connectivity index (χ3n) is 3.94. The summed E-state index contributed by atoms with van der Waals surface area (Å²) in [6, 6.07) is 18.4. The highest BCUT2D eigenvalue weighted by atomic mass is 79.9. The van der Waals surface area contributed by atoms with E-state index in [-0.39, 0.29) is 5.69 Å². The van der Waals surface area contributed by atoms with Gasteiger partial charge in [0.05, 0.1) is 9.40 Å². The minimum atomic E-state index is -0.489. The average Bonchev–Trinajstić information content (AvgIpc) is 3.14. The van der Waals surface area contributed by atoms with Gasteiger partial charge in [-0.25, -0.2) is 4.98 Å². The fraction of sp³-hybridized carbons (Fsp3) is 0. The predicted molar refractivity (Wildman–Crippen MR) is 115 cm³/mol. The topological polar surface area (TPSA) is 86.7 Å². The fourth-order valence-electron chi connectivity index (χ4n) is 2.61. The molecule has 4 aromatic rings. The maximum absolute atomic E-state index is 10.9. The number of pyridine rings is 1. The van der Waals surface area contributed by atoms with E-state index in [4.69, 9.17) is 11.6 Å². The van der Waals surface area contributed by atoms with Gasteiger partial charge in [-0.3, -0.25) is 14.7 Å². The second-order valence-corrected chi connectivity index (χ2v) is 8.07. The van der Waals surface area contributed by atoms with Crippen molar-refractivity contribution >= 4 is 45.0 Å². The van der Waals surface area contributed by atoms with Crippen LogP contribution in [-0.2, 0) is 0 Å². The van der Waals surface area contributed by atoms with E-state index in [9.17, 15) is 10.1 Å². The summed E-state index contributed by atoms with van der Waals surface area (Å²) < 4.78 is 2.41. The first-order valence-corrected chi connectivity index (χ1v) is 10.3. The largest absolute Gasteiger partial charge is 0.288 e. The molecule has 0 aliphatic carbocycles. The van der Waals surface area contributed by atoms with Gasteiger partial charge in [0.25, 0.3) is 5.69 Å². The van der Waals surface area contributed by atoms with E-state index >= 15 is 0 Å². The van der Waals surface area contributed by atoms with Gasteiger partial charge in [0.2, 0.25) is 5.16 Å². The zero-order chi connectivity index (χ0) is 20.4. The van der Waals surface area contributed by atoms with E-state index in [1.165, 1.54) is 24.0 Å². The molecule has 0 bridgehead atoms. The van der Waals surface area contributed by atoms with Crippen molar-refractivity contribution in [3.8, 4) is 17.1 Å². The third-order valence-corrected chi connectivity index (χ3v) is 6.03. The number of para-hydroxylation sites is 1. The molecule has 0 unspecified atom stereocenters. The number of aromatic nitrogens is 4. The van der Waals surface area contributed by atoms with Crippen LogP contribution >= 0.6 is 39.3 Å². The summed E-state index contributed by atoms with van der Waals surface area (Å²) in [5.41, 5.74) is 1.64. The van der Waals surface area contributed by atoms with Crippen LogP contribution in [0.15, 0.2) is 81.5 Å². The van der Waals surface area contributed by atoms with Gasteiger partial charge in [-0.1, -0.05) is 29.8 Å². The molecule has 2 aromatic heterocycles. The summed E-state index contributed by atoms with van der Waals surface area (Å²) in [6.07, 6.45) is 1.22. The molecular weight excluding hydrogens is 478 g/mol. The molecule has 0 radical (unpaired) electrons. The molecule has 144 valence electrons. The first-order valence-electron chi connectivity index (χ1n) is 8.27. The average molecular weight is 489 g/mol. The molecule has 0 aliphatic rings.